The minimum Gasteiger partial charge on any atom is -0.364 e. The molecule has 0 saturated heterocycles. The van der Waals surface area contributed by atoms with Crippen molar-refractivity contribution in [3.63, 3.8) is 0 Å². The van der Waals surface area contributed by atoms with Crippen molar-refractivity contribution in [3.05, 3.63) is 23.8 Å². The summed E-state index contributed by atoms with van der Waals surface area (Å²) in [4.78, 5) is 21.5. The highest BCUT2D eigenvalue weighted by Crippen LogP contribution is 2.24. The third-order valence-electron chi connectivity index (χ3n) is 4.75. The monoisotopic (exact) mass is 532 g/mol. The molecule has 1 fully saturated rings. The molecule has 0 aromatic carbocycles. The third kappa shape index (κ3) is 36.5. The number of nitrogens with one attached hydrogen (secondary N) is 1. The zero-order chi connectivity index (χ0) is 29.5. The Balaban J connectivity index is -0.000000263. The van der Waals surface area contributed by atoms with Crippen LogP contribution in [0.2, 0.25) is 0 Å². The van der Waals surface area contributed by atoms with E-state index in [2.05, 4.69) is 66.4 Å². The predicted octanol–water partition coefficient (Wildman–Crippen LogP) is 9.88. The van der Waals surface area contributed by atoms with E-state index in [4.69, 9.17) is 0 Å². The fourth-order valence-electron chi connectivity index (χ4n) is 3.12. The minimum atomic E-state index is -0.994. The average Bonchev–Trinajstić information content (AvgIpc) is 3.24. The van der Waals surface area contributed by atoms with Crippen LogP contribution in [0, 0.1) is 5.92 Å². The molecule has 0 aliphatic heterocycles. The molecule has 6 heteroatoms. The summed E-state index contributed by atoms with van der Waals surface area (Å²) in [5.74, 6) is -2.32. The Hall–Kier alpha value is -1.72. The van der Waals surface area contributed by atoms with Crippen LogP contribution in [-0.2, 0) is 9.59 Å². The van der Waals surface area contributed by atoms with E-state index in [0.717, 1.165) is 38.2 Å². The third-order valence-corrected chi connectivity index (χ3v) is 4.75. The Morgan fingerprint density at radius 1 is 0.784 bits per heavy atom. The van der Waals surface area contributed by atoms with Crippen molar-refractivity contribution < 1.29 is 18.4 Å². The van der Waals surface area contributed by atoms with Crippen LogP contribution in [-0.4, -0.2) is 17.9 Å². The molecule has 4 nitrogen and oxygen atoms in total. The molecule has 3 N–H and O–H groups in total. The van der Waals surface area contributed by atoms with Crippen molar-refractivity contribution in [3.8, 4) is 0 Å². The highest BCUT2D eigenvalue weighted by Gasteiger charge is 2.23. The van der Waals surface area contributed by atoms with Gasteiger partial charge in [0.1, 0.15) is 0 Å². The number of hydrogen-bond donors (Lipinski definition) is 2. The van der Waals surface area contributed by atoms with Gasteiger partial charge < -0.3 is 11.1 Å². The predicted molar refractivity (Wildman–Crippen MR) is 159 cm³/mol. The van der Waals surface area contributed by atoms with Crippen molar-refractivity contribution in [2.24, 2.45) is 11.7 Å². The van der Waals surface area contributed by atoms with Crippen LogP contribution >= 0.6 is 0 Å². The largest absolute Gasteiger partial charge is 0.364 e. The van der Waals surface area contributed by atoms with Crippen molar-refractivity contribution in [2.75, 3.05) is 0 Å². The lowest BCUT2D eigenvalue weighted by Gasteiger charge is -2.11. The topological polar surface area (TPSA) is 72.2 Å². The number of halogens is 2. The van der Waals surface area contributed by atoms with Crippen molar-refractivity contribution >= 4 is 11.8 Å². The fraction of sp³-hybridized carbons (Fsp3) is 0.806. The molecule has 0 heterocycles. The van der Waals surface area contributed by atoms with E-state index < -0.39 is 23.5 Å². The Morgan fingerprint density at radius 2 is 1.27 bits per heavy atom. The minimum absolute atomic E-state index is 0.172. The van der Waals surface area contributed by atoms with Gasteiger partial charge in [-0.3, -0.25) is 9.59 Å². The highest BCUT2D eigenvalue weighted by molar-refractivity contribution is 5.91. The summed E-state index contributed by atoms with van der Waals surface area (Å²) < 4.78 is 25.5. The van der Waals surface area contributed by atoms with Gasteiger partial charge in [-0.05, 0) is 56.6 Å². The van der Waals surface area contributed by atoms with Crippen LogP contribution in [0.5, 0.6) is 0 Å². The molecule has 0 aromatic heterocycles. The van der Waals surface area contributed by atoms with Gasteiger partial charge in [-0.2, -0.15) is 0 Å². The van der Waals surface area contributed by atoms with E-state index in [9.17, 15) is 18.4 Å². The van der Waals surface area contributed by atoms with Crippen molar-refractivity contribution in [2.45, 2.75) is 158 Å². The normalized spacial score (nSPS) is 16.4. The van der Waals surface area contributed by atoms with Gasteiger partial charge >= 0.3 is 0 Å². The van der Waals surface area contributed by atoms with E-state index in [1.807, 2.05) is 0 Å². The number of primary amides is 1. The van der Waals surface area contributed by atoms with Crippen LogP contribution in [0.1, 0.15) is 152 Å². The highest BCUT2D eigenvalue weighted by atomic mass is 19.1. The quantitative estimate of drug-likeness (QED) is 0.205. The number of carbonyl (C=O) groups excluding carboxylic acids is 2. The zero-order valence-electron chi connectivity index (χ0n) is 25.9. The van der Waals surface area contributed by atoms with Gasteiger partial charge in [0.15, 0.2) is 11.7 Å². The molecule has 222 valence electrons. The van der Waals surface area contributed by atoms with Gasteiger partial charge in [-0.15, -0.1) is 0 Å². The Bertz CT molecular complexity index is 559. The molecule has 0 radical (unpaired) electrons. The van der Waals surface area contributed by atoms with Gasteiger partial charge in [-0.1, -0.05) is 114 Å². The number of carbonyl (C=O) groups is 2. The Morgan fingerprint density at radius 3 is 1.65 bits per heavy atom. The first-order valence-corrected chi connectivity index (χ1v) is 14.9. The summed E-state index contributed by atoms with van der Waals surface area (Å²) in [6, 6.07) is 0.172. The second-order valence-corrected chi connectivity index (χ2v) is 9.64. The number of hydrogen-bond acceptors (Lipinski definition) is 2. The van der Waals surface area contributed by atoms with Gasteiger partial charge in [-0.25, -0.2) is 8.78 Å². The first kappa shape index (κ1) is 42.4. The van der Waals surface area contributed by atoms with Gasteiger partial charge in [0.25, 0.3) is 11.8 Å². The number of amides is 2. The molecule has 1 rings (SSSR count). The molecule has 0 unspecified atom stereocenters. The molecule has 0 bridgehead atoms. The fourth-order valence-corrected chi connectivity index (χ4v) is 3.12. The molecule has 37 heavy (non-hydrogen) atoms. The molecule has 2 atom stereocenters. The second-order valence-electron chi connectivity index (χ2n) is 9.64. The first-order chi connectivity index (χ1) is 17.6. The molecule has 1 saturated carbocycles. The second kappa shape index (κ2) is 34.3. The Labute approximate surface area is 229 Å². The van der Waals surface area contributed by atoms with Crippen LogP contribution < -0.4 is 11.1 Å². The van der Waals surface area contributed by atoms with Gasteiger partial charge in [0.2, 0.25) is 0 Å². The number of allylic oxidation sites excluding steroid dienone is 2. The lowest BCUT2D eigenvalue weighted by molar-refractivity contribution is -0.119. The number of unbranched alkanes of at least 4 members (excludes halogenated alkanes) is 6. The van der Waals surface area contributed by atoms with Crippen LogP contribution in [0.4, 0.5) is 8.78 Å². The van der Waals surface area contributed by atoms with E-state index in [1.165, 1.54) is 51.0 Å². The van der Waals surface area contributed by atoms with E-state index >= 15 is 0 Å². The lowest BCUT2D eigenvalue weighted by Crippen LogP contribution is -2.33. The Kier molecular flexibility index (Phi) is 39.3. The summed E-state index contributed by atoms with van der Waals surface area (Å²) in [7, 11) is 0. The van der Waals surface area contributed by atoms with Crippen LogP contribution in [0.25, 0.3) is 0 Å². The van der Waals surface area contributed by atoms with Gasteiger partial charge in [0, 0.05) is 6.04 Å². The summed E-state index contributed by atoms with van der Waals surface area (Å²) in [6.45, 7) is 18.8. The van der Waals surface area contributed by atoms with Crippen molar-refractivity contribution in [1.82, 2.24) is 5.32 Å². The summed E-state index contributed by atoms with van der Waals surface area (Å²) in [5.41, 5.74) is 4.54. The maximum absolute atomic E-state index is 13.6. The molecule has 1 aliphatic carbocycles. The van der Waals surface area contributed by atoms with Crippen LogP contribution in [0.15, 0.2) is 23.8 Å². The molecule has 2 amide bonds. The smallest absolute Gasteiger partial charge is 0.279 e. The SMILES string of the molecule is CC/C=C(/F)C(N)=O.CCC.CCC.CCC.CCCCCCCC/C=C(/F)C(=O)N[C@@H]1CC[C@H](C)C1. The van der Waals surface area contributed by atoms with E-state index in [0.29, 0.717) is 18.8 Å². The molecule has 1 aliphatic rings. The number of nitrogens with two attached hydrogens (primary N) is 1. The zero-order valence-corrected chi connectivity index (χ0v) is 25.9. The maximum Gasteiger partial charge on any atom is 0.279 e. The molecule has 0 spiro atoms. The van der Waals surface area contributed by atoms with E-state index in [-0.39, 0.29) is 6.04 Å². The average molecular weight is 533 g/mol. The molecule has 0 aromatic rings. The van der Waals surface area contributed by atoms with Gasteiger partial charge in [0.05, 0.1) is 0 Å². The molecular weight excluding hydrogens is 470 g/mol. The molecular formula is C31H62F2N2O2. The maximum atomic E-state index is 13.6. The summed E-state index contributed by atoms with van der Waals surface area (Å²) >= 11 is 0. The van der Waals surface area contributed by atoms with Crippen LogP contribution in [0.3, 0.4) is 0 Å². The summed E-state index contributed by atoms with van der Waals surface area (Å²) in [6.07, 6.45) is 17.7. The number of rotatable bonds is 11. The first-order valence-electron chi connectivity index (χ1n) is 14.9. The lowest BCUT2D eigenvalue weighted by atomic mass is 10.1. The standard InChI is InChI=1S/C17H30FNO.C5H8FNO.3C3H8/c1-3-4-5-6-7-8-9-10-16(18)17(20)19-15-12-11-14(2)13-15;1-2-3-4(6)5(7)8;3*1-3-2/h10,14-15H,3-9,11-13H2,1-2H3,(H,19,20);3H,2H2,1H3,(H2,7,8);3*3H2,1-2H3/b16-10+;4-3+;;;/t14-,15+;;;;/m0..../s1. The summed E-state index contributed by atoms with van der Waals surface area (Å²) in [5, 5.41) is 2.80. The van der Waals surface area contributed by atoms with Crippen molar-refractivity contribution in [1.29, 1.82) is 0 Å². The van der Waals surface area contributed by atoms with E-state index in [1.54, 1.807) is 6.92 Å².